The predicted octanol–water partition coefficient (Wildman–Crippen LogP) is -3.63. The molecule has 28 valence electrons. The second kappa shape index (κ2) is 8.93. The molecule has 0 saturated carbocycles. The van der Waals surface area contributed by atoms with Gasteiger partial charge in [-0.3, -0.25) is 0 Å². The maximum absolute atomic E-state index is 9.36. The summed E-state index contributed by atoms with van der Waals surface area (Å²) in [6.07, 6.45) is 0. The van der Waals surface area contributed by atoms with Gasteiger partial charge in [-0.2, -0.15) is 0 Å². The van der Waals surface area contributed by atoms with Gasteiger partial charge in [-0.25, -0.2) is 0 Å². The Balaban J connectivity index is 0. The number of hydrogen-bond acceptors (Lipinski definition) is 1. The monoisotopic (exact) mass is 76.1 g/mol. The third-order valence-electron chi connectivity index (χ3n) is 0.249. The number of hydrogen-bond donors (Lipinski definition) is 0. The maximum Gasteiger partial charge on any atom is 1.00 e. The summed E-state index contributed by atoms with van der Waals surface area (Å²) in [4.78, 5) is 0. The Labute approximate surface area is 49.9 Å². The molecular weight excluding hydrogens is 71.0 g/mol. The van der Waals surface area contributed by atoms with Crippen LogP contribution in [0.5, 0.6) is 0 Å². The van der Waals surface area contributed by atoms with E-state index in [0.717, 1.165) is 0 Å². The Morgan fingerprint density at radius 1 is 1.67 bits per heavy atom. The summed E-state index contributed by atoms with van der Waals surface area (Å²) in [5, 5.41) is 9.36. The van der Waals surface area contributed by atoms with E-state index in [1.165, 1.54) is 0 Å². The molecular formula is C4H5LiO. The first-order valence-corrected chi connectivity index (χ1v) is 1.39. The van der Waals surface area contributed by atoms with E-state index in [1.807, 2.05) is 0 Å². The first-order chi connectivity index (χ1) is 2.41. The van der Waals surface area contributed by atoms with Gasteiger partial charge in [-0.15, -0.1) is 11.8 Å². The third kappa shape index (κ3) is 8.92. The molecule has 0 bridgehead atoms. The van der Waals surface area contributed by atoms with Crippen LogP contribution in [0.3, 0.4) is 0 Å². The molecule has 0 heterocycles. The van der Waals surface area contributed by atoms with Crippen LogP contribution in [-0.4, -0.2) is 6.61 Å². The van der Waals surface area contributed by atoms with Gasteiger partial charge in [0.2, 0.25) is 0 Å². The molecule has 0 unspecified atom stereocenters. The SMILES string of the molecule is CC#CC[O-].[Li+]. The Morgan fingerprint density at radius 3 is 2.17 bits per heavy atom. The Hall–Kier alpha value is 0.117. The smallest absolute Gasteiger partial charge is 0.845 e. The molecule has 1 nitrogen and oxygen atoms in total. The zero-order valence-corrected chi connectivity index (χ0v) is 4.12. The predicted molar refractivity (Wildman–Crippen MR) is 18.3 cm³/mol. The van der Waals surface area contributed by atoms with Gasteiger partial charge in [0, 0.05) is 0 Å². The van der Waals surface area contributed by atoms with Crippen LogP contribution in [0.2, 0.25) is 0 Å². The standard InChI is InChI=1S/C4H5O.Li/c1-2-3-4-5;/h4H2,1H3;/q-1;+1. The van der Waals surface area contributed by atoms with Gasteiger partial charge >= 0.3 is 18.9 Å². The van der Waals surface area contributed by atoms with Gasteiger partial charge in [0.25, 0.3) is 0 Å². The second-order valence-corrected chi connectivity index (χ2v) is 0.571. The van der Waals surface area contributed by atoms with E-state index in [9.17, 15) is 5.11 Å². The summed E-state index contributed by atoms with van der Waals surface area (Å²) < 4.78 is 0. The fraction of sp³-hybridized carbons (Fsp3) is 0.500. The van der Waals surface area contributed by atoms with Crippen LogP contribution in [0.25, 0.3) is 0 Å². The molecule has 0 aliphatic heterocycles. The summed E-state index contributed by atoms with van der Waals surface area (Å²) in [5.74, 6) is 4.76. The van der Waals surface area contributed by atoms with Crippen LogP contribution in [0.15, 0.2) is 0 Å². The van der Waals surface area contributed by atoms with Crippen LogP contribution in [0.1, 0.15) is 6.92 Å². The molecule has 0 aliphatic rings. The van der Waals surface area contributed by atoms with Crippen molar-refractivity contribution in [1.29, 1.82) is 0 Å². The Bertz CT molecular complexity index is 59.7. The van der Waals surface area contributed by atoms with E-state index in [2.05, 4.69) is 11.8 Å². The molecule has 6 heavy (non-hydrogen) atoms. The molecule has 0 atom stereocenters. The van der Waals surface area contributed by atoms with Crippen molar-refractivity contribution in [3.63, 3.8) is 0 Å². The van der Waals surface area contributed by atoms with Crippen molar-refractivity contribution in [3.8, 4) is 11.8 Å². The second-order valence-electron chi connectivity index (χ2n) is 0.571. The largest absolute Gasteiger partial charge is 1.00 e. The van der Waals surface area contributed by atoms with Crippen molar-refractivity contribution < 1.29 is 24.0 Å². The van der Waals surface area contributed by atoms with Gasteiger partial charge < -0.3 is 5.11 Å². The molecule has 0 saturated heterocycles. The van der Waals surface area contributed by atoms with E-state index in [4.69, 9.17) is 0 Å². The van der Waals surface area contributed by atoms with Gasteiger partial charge in [0.05, 0.1) is 0 Å². The van der Waals surface area contributed by atoms with E-state index in [0.29, 0.717) is 0 Å². The van der Waals surface area contributed by atoms with Crippen LogP contribution >= 0.6 is 0 Å². The Morgan fingerprint density at radius 2 is 2.17 bits per heavy atom. The fourth-order valence-corrected chi connectivity index (χ4v) is 0.0722. The van der Waals surface area contributed by atoms with Crippen molar-refractivity contribution in [2.75, 3.05) is 6.61 Å². The average molecular weight is 76.0 g/mol. The summed E-state index contributed by atoms with van der Waals surface area (Å²) >= 11 is 0. The fourth-order valence-electron chi connectivity index (χ4n) is 0.0722. The van der Waals surface area contributed by atoms with E-state index in [1.54, 1.807) is 6.92 Å². The van der Waals surface area contributed by atoms with Crippen molar-refractivity contribution >= 4 is 0 Å². The molecule has 0 fully saturated rings. The maximum atomic E-state index is 9.36. The molecule has 0 radical (unpaired) electrons. The average Bonchev–Trinajstić information content (AvgIpc) is 1.41. The molecule has 0 N–H and O–H groups in total. The zero-order chi connectivity index (χ0) is 4.12. The van der Waals surface area contributed by atoms with Crippen LogP contribution in [0.4, 0.5) is 0 Å². The molecule has 0 amide bonds. The molecule has 2 heteroatoms. The van der Waals surface area contributed by atoms with Gasteiger partial charge in [0.15, 0.2) is 0 Å². The van der Waals surface area contributed by atoms with Gasteiger partial charge in [-0.05, 0) is 6.92 Å². The summed E-state index contributed by atoms with van der Waals surface area (Å²) in [6.45, 7) is 1.38. The van der Waals surface area contributed by atoms with Crippen molar-refractivity contribution in [2.24, 2.45) is 0 Å². The topological polar surface area (TPSA) is 23.1 Å². The molecule has 0 aromatic heterocycles. The van der Waals surface area contributed by atoms with Gasteiger partial charge in [0.1, 0.15) is 0 Å². The molecule has 0 aliphatic carbocycles. The minimum Gasteiger partial charge on any atom is -0.845 e. The van der Waals surface area contributed by atoms with Crippen LogP contribution < -0.4 is 24.0 Å². The molecule has 0 aromatic carbocycles. The van der Waals surface area contributed by atoms with E-state index >= 15 is 0 Å². The van der Waals surface area contributed by atoms with E-state index < -0.39 is 0 Å². The first-order valence-electron chi connectivity index (χ1n) is 1.39. The quantitative estimate of drug-likeness (QED) is 0.216. The normalized spacial score (nSPS) is 4.33. The van der Waals surface area contributed by atoms with Crippen molar-refractivity contribution in [3.05, 3.63) is 0 Å². The number of rotatable bonds is 0. The van der Waals surface area contributed by atoms with Crippen LogP contribution in [0, 0.1) is 11.8 Å². The summed E-state index contributed by atoms with van der Waals surface area (Å²) in [7, 11) is 0. The van der Waals surface area contributed by atoms with Gasteiger partial charge in [-0.1, -0.05) is 6.61 Å². The first kappa shape index (κ1) is 9.45. The summed E-state index contributed by atoms with van der Waals surface area (Å²) in [5.41, 5.74) is 0. The van der Waals surface area contributed by atoms with Crippen molar-refractivity contribution in [2.45, 2.75) is 6.92 Å². The van der Waals surface area contributed by atoms with E-state index in [-0.39, 0.29) is 25.5 Å². The summed E-state index contributed by atoms with van der Waals surface area (Å²) in [6, 6.07) is 0. The minimum atomic E-state index is -0.267. The molecule has 0 spiro atoms. The Kier molecular flexibility index (Phi) is 14.1. The minimum absolute atomic E-state index is 0. The van der Waals surface area contributed by atoms with Crippen molar-refractivity contribution in [1.82, 2.24) is 0 Å². The third-order valence-corrected chi connectivity index (χ3v) is 0.249. The molecule has 0 rings (SSSR count). The van der Waals surface area contributed by atoms with Crippen LogP contribution in [-0.2, 0) is 0 Å². The molecule has 0 aromatic rings. The zero-order valence-electron chi connectivity index (χ0n) is 4.12.